The van der Waals surface area contributed by atoms with Crippen LogP contribution < -0.4 is 4.90 Å². The third-order valence-corrected chi connectivity index (χ3v) is 6.23. The van der Waals surface area contributed by atoms with Gasteiger partial charge in [0.05, 0.1) is 5.39 Å². The van der Waals surface area contributed by atoms with Crippen molar-refractivity contribution in [2.45, 2.75) is 13.3 Å². The van der Waals surface area contributed by atoms with Crippen molar-refractivity contribution in [3.63, 3.8) is 0 Å². The molecule has 1 N–H and O–H groups in total. The molecule has 0 aliphatic carbocycles. The van der Waals surface area contributed by atoms with E-state index in [1.165, 1.54) is 11.1 Å². The molecule has 0 amide bonds. The first-order valence-electron chi connectivity index (χ1n) is 11.3. The SMILES string of the molecule is Cc1cccc(-n2cc(-c3ccccc3)c3c(N4CCN(CCCO)CC4)ncnc32)c1. The number of aromatic nitrogens is 3. The molecular formula is C26H29N5O. The molecule has 1 fully saturated rings. The molecule has 1 aliphatic heterocycles. The molecule has 1 saturated heterocycles. The van der Waals surface area contributed by atoms with E-state index in [2.05, 4.69) is 76.0 Å². The van der Waals surface area contributed by atoms with Crippen molar-refractivity contribution in [3.8, 4) is 16.8 Å². The van der Waals surface area contributed by atoms with Crippen molar-refractivity contribution in [1.82, 2.24) is 19.4 Å². The quantitative estimate of drug-likeness (QED) is 0.506. The highest BCUT2D eigenvalue weighted by atomic mass is 16.3. The fourth-order valence-electron chi connectivity index (χ4n) is 4.57. The summed E-state index contributed by atoms with van der Waals surface area (Å²) >= 11 is 0. The van der Waals surface area contributed by atoms with E-state index in [9.17, 15) is 0 Å². The van der Waals surface area contributed by atoms with Gasteiger partial charge in [0, 0.05) is 56.8 Å². The van der Waals surface area contributed by atoms with Gasteiger partial charge in [0.1, 0.15) is 12.1 Å². The van der Waals surface area contributed by atoms with Gasteiger partial charge in [-0.25, -0.2) is 9.97 Å². The normalized spacial score (nSPS) is 14.9. The van der Waals surface area contributed by atoms with E-state index in [0.717, 1.165) is 67.2 Å². The molecule has 0 unspecified atom stereocenters. The Kier molecular flexibility index (Phi) is 5.88. The first kappa shape index (κ1) is 20.7. The number of rotatable bonds is 6. The molecule has 6 nitrogen and oxygen atoms in total. The van der Waals surface area contributed by atoms with E-state index in [1.54, 1.807) is 6.33 Å². The van der Waals surface area contributed by atoms with Crippen LogP contribution in [-0.4, -0.2) is 63.9 Å². The standard InChI is InChI=1S/C26H29N5O/c1-20-7-5-10-22(17-20)31-18-23(21-8-3-2-4-9-21)24-25(27-19-28-26(24)31)30-14-12-29(13-15-30)11-6-16-32/h2-5,7-10,17-19,32H,6,11-16H2,1H3. The number of aliphatic hydroxyl groups is 1. The second-order valence-electron chi connectivity index (χ2n) is 8.42. The van der Waals surface area contributed by atoms with Gasteiger partial charge in [-0.2, -0.15) is 0 Å². The molecule has 3 heterocycles. The molecule has 0 radical (unpaired) electrons. The first-order chi connectivity index (χ1) is 15.7. The molecular weight excluding hydrogens is 398 g/mol. The Balaban J connectivity index is 1.60. The summed E-state index contributed by atoms with van der Waals surface area (Å²) in [4.78, 5) is 14.3. The average molecular weight is 428 g/mol. The predicted octanol–water partition coefficient (Wildman–Crippen LogP) is 3.90. The molecule has 0 atom stereocenters. The number of aryl methyl sites for hydroxylation is 1. The number of nitrogens with zero attached hydrogens (tertiary/aromatic N) is 5. The van der Waals surface area contributed by atoms with Gasteiger partial charge in [-0.05, 0) is 36.6 Å². The Bertz CT molecular complexity index is 1200. The van der Waals surface area contributed by atoms with Crippen LogP contribution in [0.15, 0.2) is 67.1 Å². The van der Waals surface area contributed by atoms with Gasteiger partial charge in [0.2, 0.25) is 0 Å². The zero-order chi connectivity index (χ0) is 21.9. The third-order valence-electron chi connectivity index (χ3n) is 6.23. The van der Waals surface area contributed by atoms with Gasteiger partial charge >= 0.3 is 0 Å². The van der Waals surface area contributed by atoms with E-state index in [-0.39, 0.29) is 6.61 Å². The summed E-state index contributed by atoms with van der Waals surface area (Å²) in [5, 5.41) is 10.2. The zero-order valence-electron chi connectivity index (χ0n) is 18.5. The summed E-state index contributed by atoms with van der Waals surface area (Å²) in [5.41, 5.74) is 5.58. The molecule has 6 heteroatoms. The van der Waals surface area contributed by atoms with Crippen molar-refractivity contribution in [3.05, 3.63) is 72.7 Å². The second-order valence-corrected chi connectivity index (χ2v) is 8.42. The maximum atomic E-state index is 9.14. The Labute approximate surface area is 188 Å². The molecule has 2 aromatic heterocycles. The Morgan fingerprint density at radius 1 is 0.938 bits per heavy atom. The van der Waals surface area contributed by atoms with Crippen LogP contribution in [0.3, 0.4) is 0 Å². The number of hydrogen-bond acceptors (Lipinski definition) is 5. The number of benzene rings is 2. The Hall–Kier alpha value is -3.22. The number of hydrogen-bond donors (Lipinski definition) is 1. The summed E-state index contributed by atoms with van der Waals surface area (Å²) in [6.07, 6.45) is 4.72. The molecule has 32 heavy (non-hydrogen) atoms. The van der Waals surface area contributed by atoms with Crippen molar-refractivity contribution in [1.29, 1.82) is 0 Å². The Morgan fingerprint density at radius 3 is 2.50 bits per heavy atom. The Morgan fingerprint density at radius 2 is 1.75 bits per heavy atom. The summed E-state index contributed by atoms with van der Waals surface area (Å²) in [6, 6.07) is 19.0. The van der Waals surface area contributed by atoms with Gasteiger partial charge in [0.15, 0.2) is 5.65 Å². The first-order valence-corrected chi connectivity index (χ1v) is 11.3. The van der Waals surface area contributed by atoms with E-state index >= 15 is 0 Å². The molecule has 0 saturated carbocycles. The minimum Gasteiger partial charge on any atom is -0.396 e. The number of piperazine rings is 1. The van der Waals surface area contributed by atoms with Crippen molar-refractivity contribution in [2.75, 3.05) is 44.2 Å². The highest BCUT2D eigenvalue weighted by Gasteiger charge is 2.24. The van der Waals surface area contributed by atoms with Gasteiger partial charge in [0.25, 0.3) is 0 Å². The number of anilines is 1. The fourth-order valence-corrected chi connectivity index (χ4v) is 4.57. The van der Waals surface area contributed by atoms with Crippen LogP contribution in [-0.2, 0) is 0 Å². The molecule has 164 valence electrons. The van der Waals surface area contributed by atoms with Crippen LogP contribution in [0.2, 0.25) is 0 Å². The van der Waals surface area contributed by atoms with Crippen LogP contribution in [0.5, 0.6) is 0 Å². The van der Waals surface area contributed by atoms with Gasteiger partial charge in [-0.1, -0.05) is 42.5 Å². The summed E-state index contributed by atoms with van der Waals surface area (Å²) < 4.78 is 2.19. The van der Waals surface area contributed by atoms with Gasteiger partial charge < -0.3 is 14.6 Å². The minimum absolute atomic E-state index is 0.250. The minimum atomic E-state index is 0.250. The molecule has 5 rings (SSSR count). The number of aliphatic hydroxyl groups excluding tert-OH is 1. The second kappa shape index (κ2) is 9.10. The lowest BCUT2D eigenvalue weighted by atomic mass is 10.1. The molecule has 2 aromatic carbocycles. The molecule has 4 aromatic rings. The van der Waals surface area contributed by atoms with E-state index in [0.29, 0.717) is 0 Å². The smallest absolute Gasteiger partial charge is 0.150 e. The monoisotopic (exact) mass is 427 g/mol. The lowest BCUT2D eigenvalue weighted by molar-refractivity contribution is 0.216. The van der Waals surface area contributed by atoms with Crippen LogP contribution in [0, 0.1) is 6.92 Å². The molecule has 0 spiro atoms. The highest BCUT2D eigenvalue weighted by Crippen LogP contribution is 2.37. The van der Waals surface area contributed by atoms with Crippen molar-refractivity contribution >= 4 is 16.9 Å². The summed E-state index contributed by atoms with van der Waals surface area (Å²) in [6.45, 7) is 7.10. The largest absolute Gasteiger partial charge is 0.396 e. The van der Waals surface area contributed by atoms with E-state index in [1.807, 2.05) is 6.07 Å². The van der Waals surface area contributed by atoms with Crippen LogP contribution in [0.25, 0.3) is 27.8 Å². The van der Waals surface area contributed by atoms with Gasteiger partial charge in [-0.3, -0.25) is 4.90 Å². The highest BCUT2D eigenvalue weighted by molar-refractivity contribution is 6.02. The lowest BCUT2D eigenvalue weighted by Gasteiger charge is -2.35. The molecule has 0 bridgehead atoms. The topological polar surface area (TPSA) is 57.4 Å². The van der Waals surface area contributed by atoms with Crippen LogP contribution in [0.4, 0.5) is 5.82 Å². The summed E-state index contributed by atoms with van der Waals surface area (Å²) in [7, 11) is 0. The lowest BCUT2D eigenvalue weighted by Crippen LogP contribution is -2.47. The third kappa shape index (κ3) is 3.99. The molecule has 1 aliphatic rings. The van der Waals surface area contributed by atoms with E-state index < -0.39 is 0 Å². The maximum absolute atomic E-state index is 9.14. The average Bonchev–Trinajstić information content (AvgIpc) is 3.24. The van der Waals surface area contributed by atoms with Crippen molar-refractivity contribution < 1.29 is 5.11 Å². The fraction of sp³-hybridized carbons (Fsp3) is 0.308. The van der Waals surface area contributed by atoms with Crippen molar-refractivity contribution in [2.24, 2.45) is 0 Å². The van der Waals surface area contributed by atoms with E-state index in [4.69, 9.17) is 15.1 Å². The zero-order valence-corrected chi connectivity index (χ0v) is 18.5. The predicted molar refractivity (Wildman–Crippen MR) is 129 cm³/mol. The van der Waals surface area contributed by atoms with Crippen LogP contribution in [0.1, 0.15) is 12.0 Å². The summed E-state index contributed by atoms with van der Waals surface area (Å²) in [5.74, 6) is 1.00. The van der Waals surface area contributed by atoms with Crippen LogP contribution >= 0.6 is 0 Å². The van der Waals surface area contributed by atoms with Gasteiger partial charge in [-0.15, -0.1) is 0 Å². The maximum Gasteiger partial charge on any atom is 0.150 e. The number of fused-ring (bicyclic) bond motifs is 1.